The van der Waals surface area contributed by atoms with E-state index >= 15 is 8.78 Å². The third-order valence-electron chi connectivity index (χ3n) is 9.90. The number of hydrogen-bond donors (Lipinski definition) is 0. The second-order valence-electron chi connectivity index (χ2n) is 14.9. The number of carbonyl (C=O) groups excluding carboxylic acids is 2. The number of esters is 2. The van der Waals surface area contributed by atoms with Gasteiger partial charge in [-0.15, -0.1) is 0 Å². The van der Waals surface area contributed by atoms with E-state index < -0.39 is 61.0 Å². The number of halogens is 2. The van der Waals surface area contributed by atoms with Crippen LogP contribution in [0.1, 0.15) is 79.9 Å². The van der Waals surface area contributed by atoms with Crippen molar-refractivity contribution in [1.29, 1.82) is 21.0 Å². The van der Waals surface area contributed by atoms with Crippen LogP contribution in [0.3, 0.4) is 0 Å². The van der Waals surface area contributed by atoms with E-state index in [2.05, 4.69) is 10.2 Å². The number of rotatable bonds is 15. The predicted molar refractivity (Wildman–Crippen MR) is 228 cm³/mol. The molecule has 0 N–H and O–H groups in total. The molecule has 16 nitrogen and oxygen atoms in total. The summed E-state index contributed by atoms with van der Waals surface area (Å²) in [5.74, 6) is -3.31. The fourth-order valence-electron chi connectivity index (χ4n) is 6.56. The average Bonchev–Trinajstić information content (AvgIpc) is 3.31. The number of nitriles is 4. The lowest BCUT2D eigenvalue weighted by Gasteiger charge is -2.14. The molecule has 18 heteroatoms. The Morgan fingerprint density at radius 1 is 0.545 bits per heavy atom. The van der Waals surface area contributed by atoms with Gasteiger partial charge in [0.05, 0.1) is 70.8 Å². The van der Waals surface area contributed by atoms with Crippen molar-refractivity contribution < 1.29 is 37.3 Å². The Labute approximate surface area is 375 Å². The van der Waals surface area contributed by atoms with Gasteiger partial charge in [0.15, 0.2) is 36.6 Å². The number of carbonyl (C=O) groups is 2. The average molecular weight is 891 g/mol. The van der Waals surface area contributed by atoms with E-state index in [1.54, 1.807) is 26.0 Å². The number of nitrogens with zero attached hydrogens (tertiary/aromatic N) is 8. The maximum absolute atomic E-state index is 15.9. The van der Waals surface area contributed by atoms with Crippen molar-refractivity contribution in [3.8, 4) is 47.3 Å². The molecule has 0 unspecified atom stereocenters. The molecule has 0 aliphatic heterocycles. The van der Waals surface area contributed by atoms with E-state index in [4.69, 9.17) is 18.9 Å². The van der Waals surface area contributed by atoms with E-state index in [0.717, 1.165) is 9.36 Å². The highest BCUT2D eigenvalue weighted by atomic mass is 19.1. The highest BCUT2D eigenvalue weighted by molar-refractivity contribution is 5.77. The summed E-state index contributed by atoms with van der Waals surface area (Å²) in [6.07, 6.45) is -1.13. The third kappa shape index (κ3) is 11.1. The minimum Gasteiger partial charge on any atom is -0.454 e. The molecule has 66 heavy (non-hydrogen) atoms. The summed E-state index contributed by atoms with van der Waals surface area (Å²) in [5.41, 5.74) is 1.57. The van der Waals surface area contributed by atoms with Gasteiger partial charge in [-0.3, -0.25) is 19.2 Å². The maximum Gasteiger partial charge on any atom is 0.308 e. The normalized spacial score (nSPS) is 10.5. The van der Waals surface area contributed by atoms with Gasteiger partial charge in [0.1, 0.15) is 11.5 Å². The van der Waals surface area contributed by atoms with Gasteiger partial charge in [0, 0.05) is 24.0 Å². The minimum atomic E-state index is -0.880. The van der Waals surface area contributed by atoms with Crippen molar-refractivity contribution in [2.45, 2.75) is 66.8 Å². The largest absolute Gasteiger partial charge is 0.454 e. The second kappa shape index (κ2) is 20.5. The molecule has 6 aromatic rings. The van der Waals surface area contributed by atoms with Crippen LogP contribution in [0.2, 0.25) is 0 Å². The summed E-state index contributed by atoms with van der Waals surface area (Å²) in [6.45, 7) is 5.01. The zero-order valence-corrected chi connectivity index (χ0v) is 35.8. The summed E-state index contributed by atoms with van der Waals surface area (Å²) >= 11 is 0. The van der Waals surface area contributed by atoms with Gasteiger partial charge < -0.3 is 18.9 Å². The first-order valence-electron chi connectivity index (χ1n) is 19.9. The lowest BCUT2D eigenvalue weighted by atomic mass is 10.0. The molecule has 0 bridgehead atoms. The van der Waals surface area contributed by atoms with Crippen LogP contribution < -0.4 is 20.6 Å². The maximum atomic E-state index is 15.9. The molecule has 0 atom stereocenters. The Balaban J connectivity index is 1.05. The fourth-order valence-corrected chi connectivity index (χ4v) is 6.56. The molecule has 4 aromatic carbocycles. The van der Waals surface area contributed by atoms with Crippen LogP contribution in [0.15, 0.2) is 82.4 Å². The smallest absolute Gasteiger partial charge is 0.308 e. The molecule has 0 spiro atoms. The number of aryl methyl sites for hydroxylation is 4. The first-order chi connectivity index (χ1) is 31.6. The Hall–Kier alpha value is -9.00. The van der Waals surface area contributed by atoms with Crippen LogP contribution >= 0.6 is 0 Å². The van der Waals surface area contributed by atoms with Crippen LogP contribution in [0.25, 0.3) is 0 Å². The first-order valence-corrected chi connectivity index (χ1v) is 19.9. The fraction of sp³-hybridized carbons (Fsp3) is 0.208. The molecule has 0 saturated carbocycles. The van der Waals surface area contributed by atoms with Gasteiger partial charge in [0.25, 0.3) is 11.1 Å². The molecule has 2 heterocycles. The van der Waals surface area contributed by atoms with Crippen molar-refractivity contribution >= 4 is 11.9 Å². The Bertz CT molecular complexity index is 2950. The predicted octanol–water partition coefficient (Wildman–Crippen LogP) is 7.05. The Morgan fingerprint density at radius 2 is 0.894 bits per heavy atom. The van der Waals surface area contributed by atoms with Crippen molar-refractivity contribution in [2.75, 3.05) is 0 Å². The van der Waals surface area contributed by atoms with Crippen LogP contribution in [0, 0.1) is 84.7 Å². The van der Waals surface area contributed by atoms with Crippen molar-refractivity contribution in [3.05, 3.63) is 172 Å². The molecule has 6 rings (SSSR count). The summed E-state index contributed by atoms with van der Waals surface area (Å²) in [7, 11) is 0. The zero-order valence-electron chi connectivity index (χ0n) is 35.8. The molecule has 0 amide bonds. The monoisotopic (exact) mass is 890 g/mol. The SMILES string of the molecule is Cc1ccc(Cc2cc(C)c(=O)n(COC(=O)CCC(=O)OCn3nc(Cc4ccc(C)c(Oc5cc(C#N)cc(C#N)c5)c4F)cc(C)c3=O)n2)c(F)c1Oc1cc(C#N)cc(C#N)c1. The van der Waals surface area contributed by atoms with Crippen molar-refractivity contribution in [1.82, 2.24) is 19.6 Å². The first kappa shape index (κ1) is 46.5. The highest BCUT2D eigenvalue weighted by Gasteiger charge is 2.20. The number of hydrogen-bond acceptors (Lipinski definition) is 14. The van der Waals surface area contributed by atoms with Gasteiger partial charge in [-0.1, -0.05) is 24.3 Å². The van der Waals surface area contributed by atoms with Gasteiger partial charge in [-0.2, -0.15) is 40.6 Å². The molecule has 0 radical (unpaired) electrons. The standard InChI is InChI=1S/C48H36F2N8O8/c1-27-5-7-35(43(49)45(27)65-39-15-31(21-51)13-32(16-39)22-52)19-37-11-29(3)47(61)57(55-37)25-63-41(59)9-10-42(60)64-26-58-48(62)30(4)12-38(56-58)20-36-8-6-28(2)46(44(36)50)66-40-17-33(23-53)14-34(18-40)24-54/h5-8,11-18H,9-10,19-20,25-26H2,1-4H3. The molecule has 0 fully saturated rings. The van der Waals surface area contributed by atoms with Crippen molar-refractivity contribution in [2.24, 2.45) is 0 Å². The van der Waals surface area contributed by atoms with Gasteiger partial charge in [-0.05, 0) is 98.5 Å². The summed E-state index contributed by atoms with van der Waals surface area (Å²) in [4.78, 5) is 51.1. The van der Waals surface area contributed by atoms with Gasteiger partial charge >= 0.3 is 11.9 Å². The molecule has 2 aromatic heterocycles. The lowest BCUT2D eigenvalue weighted by Crippen LogP contribution is -2.29. The highest BCUT2D eigenvalue weighted by Crippen LogP contribution is 2.33. The second-order valence-corrected chi connectivity index (χ2v) is 14.9. The number of aromatic nitrogens is 4. The third-order valence-corrected chi connectivity index (χ3v) is 9.90. The molecular formula is C48H36F2N8O8. The zero-order chi connectivity index (χ0) is 47.7. The van der Waals surface area contributed by atoms with E-state index in [-0.39, 0.29) is 91.7 Å². The van der Waals surface area contributed by atoms with Gasteiger partial charge in [0.2, 0.25) is 0 Å². The number of ether oxygens (including phenoxy) is 4. The molecule has 0 saturated heterocycles. The number of benzene rings is 4. The molecular weight excluding hydrogens is 855 g/mol. The van der Waals surface area contributed by atoms with Gasteiger partial charge in [-0.25, -0.2) is 8.78 Å². The summed E-state index contributed by atoms with van der Waals surface area (Å²) in [5, 5.41) is 45.8. The van der Waals surface area contributed by atoms with Crippen LogP contribution in [-0.4, -0.2) is 31.5 Å². The quantitative estimate of drug-likeness (QED) is 0.0940. The molecule has 0 aliphatic carbocycles. The Kier molecular flexibility index (Phi) is 14.4. The van der Waals surface area contributed by atoms with E-state index in [1.165, 1.54) is 74.5 Å². The molecule has 330 valence electrons. The van der Waals surface area contributed by atoms with E-state index in [0.29, 0.717) is 11.1 Å². The van der Waals surface area contributed by atoms with E-state index in [9.17, 15) is 40.2 Å². The Morgan fingerprint density at radius 3 is 1.23 bits per heavy atom. The van der Waals surface area contributed by atoms with Crippen LogP contribution in [-0.2, 0) is 45.4 Å². The molecule has 0 aliphatic rings. The van der Waals surface area contributed by atoms with E-state index in [1.807, 2.05) is 24.3 Å². The summed E-state index contributed by atoms with van der Waals surface area (Å²) in [6, 6.07) is 25.2. The lowest BCUT2D eigenvalue weighted by molar-refractivity contribution is -0.155. The van der Waals surface area contributed by atoms with Crippen molar-refractivity contribution in [3.63, 3.8) is 0 Å². The topological polar surface area (TPSA) is 236 Å². The van der Waals surface area contributed by atoms with Crippen LogP contribution in [0.5, 0.6) is 23.0 Å². The minimum absolute atomic E-state index is 0.0894. The summed E-state index contributed by atoms with van der Waals surface area (Å²) < 4.78 is 55.5. The van der Waals surface area contributed by atoms with Crippen LogP contribution in [0.4, 0.5) is 8.78 Å².